The van der Waals surface area contributed by atoms with Crippen molar-refractivity contribution in [3.63, 3.8) is 0 Å². The minimum absolute atomic E-state index is 0.295. The maximum Gasteiger partial charge on any atom is 0.0465 e. The van der Waals surface area contributed by atoms with Gasteiger partial charge in [-0.3, -0.25) is 0 Å². The van der Waals surface area contributed by atoms with Gasteiger partial charge in [0.05, 0.1) is 0 Å². The van der Waals surface area contributed by atoms with Crippen LogP contribution in [0.4, 0.5) is 0 Å². The Morgan fingerprint density at radius 2 is 2.33 bits per heavy atom. The van der Waals surface area contributed by atoms with Gasteiger partial charge in [-0.2, -0.15) is 0 Å². The summed E-state index contributed by atoms with van der Waals surface area (Å²) < 4.78 is 1.01. The molecule has 1 atom stereocenters. The Morgan fingerprint density at radius 3 is 2.87 bits per heavy atom. The first-order valence-corrected chi connectivity index (χ1v) is 6.09. The first kappa shape index (κ1) is 12.8. The highest BCUT2D eigenvalue weighted by molar-refractivity contribution is 9.10. The lowest BCUT2D eigenvalue weighted by atomic mass is 10.0. The van der Waals surface area contributed by atoms with Gasteiger partial charge in [0, 0.05) is 15.5 Å². The fraction of sp³-hybridized carbons (Fsp3) is 0.333. The number of benzene rings is 1. The molecule has 82 valence electrons. The number of nitrogens with one attached hydrogen (secondary N) is 1. The monoisotopic (exact) mass is 287 g/mol. The fourth-order valence-corrected chi connectivity index (χ4v) is 2.33. The molecule has 1 N–H and O–H groups in total. The normalized spacial score (nSPS) is 12.5. The number of halogens is 2. The van der Waals surface area contributed by atoms with Crippen molar-refractivity contribution in [2.24, 2.45) is 0 Å². The van der Waals surface area contributed by atoms with Gasteiger partial charge in [-0.15, -0.1) is 6.58 Å². The van der Waals surface area contributed by atoms with E-state index in [9.17, 15) is 0 Å². The lowest BCUT2D eigenvalue weighted by Crippen LogP contribution is -2.16. The molecular formula is C12H15BrClN. The quantitative estimate of drug-likeness (QED) is 0.795. The third kappa shape index (κ3) is 3.63. The number of hydrogen-bond acceptors (Lipinski definition) is 1. The summed E-state index contributed by atoms with van der Waals surface area (Å²) in [5, 5.41) is 4.06. The van der Waals surface area contributed by atoms with Crippen LogP contribution in [0.3, 0.4) is 0 Å². The lowest BCUT2D eigenvalue weighted by Gasteiger charge is -2.17. The van der Waals surface area contributed by atoms with Crippen molar-refractivity contribution in [3.8, 4) is 0 Å². The molecule has 1 nitrogen and oxygen atoms in total. The molecule has 0 amide bonds. The molecule has 0 saturated heterocycles. The van der Waals surface area contributed by atoms with Crippen LogP contribution in [0.2, 0.25) is 5.02 Å². The standard InChI is InChI=1S/C12H15BrClN/c1-3-4-5-12(15-2)10-7-6-9(13)8-11(10)14/h3,6-8,12,15H,1,4-5H2,2H3. The highest BCUT2D eigenvalue weighted by atomic mass is 79.9. The average Bonchev–Trinajstić information content (AvgIpc) is 2.21. The van der Waals surface area contributed by atoms with Crippen molar-refractivity contribution in [1.82, 2.24) is 5.32 Å². The Balaban J connectivity index is 2.86. The zero-order valence-electron chi connectivity index (χ0n) is 8.76. The van der Waals surface area contributed by atoms with Crippen LogP contribution >= 0.6 is 27.5 Å². The Labute approximate surface area is 105 Å². The van der Waals surface area contributed by atoms with E-state index in [1.54, 1.807) is 0 Å². The van der Waals surface area contributed by atoms with Crippen molar-refractivity contribution in [3.05, 3.63) is 45.9 Å². The van der Waals surface area contributed by atoms with E-state index >= 15 is 0 Å². The van der Waals surface area contributed by atoms with Crippen LogP contribution in [0.25, 0.3) is 0 Å². The maximum atomic E-state index is 6.19. The number of hydrogen-bond donors (Lipinski definition) is 1. The second-order valence-corrected chi connectivity index (χ2v) is 4.70. The van der Waals surface area contributed by atoms with Gasteiger partial charge >= 0.3 is 0 Å². The van der Waals surface area contributed by atoms with Gasteiger partial charge in [0.15, 0.2) is 0 Å². The summed E-state index contributed by atoms with van der Waals surface area (Å²) in [5.74, 6) is 0. The van der Waals surface area contributed by atoms with E-state index in [1.165, 1.54) is 0 Å². The molecule has 1 unspecified atom stereocenters. The van der Waals surface area contributed by atoms with Crippen LogP contribution in [0, 0.1) is 0 Å². The molecule has 0 saturated carbocycles. The third-order valence-electron chi connectivity index (χ3n) is 2.35. The van der Waals surface area contributed by atoms with Crippen LogP contribution in [-0.4, -0.2) is 7.05 Å². The highest BCUT2D eigenvalue weighted by Gasteiger charge is 2.11. The summed E-state index contributed by atoms with van der Waals surface area (Å²) in [6.07, 6.45) is 3.93. The molecule has 0 bridgehead atoms. The zero-order valence-corrected chi connectivity index (χ0v) is 11.1. The molecule has 0 fully saturated rings. The first-order chi connectivity index (χ1) is 7.19. The molecule has 0 aromatic heterocycles. The Bertz CT molecular complexity index is 338. The Morgan fingerprint density at radius 1 is 1.60 bits per heavy atom. The van der Waals surface area contributed by atoms with E-state index < -0.39 is 0 Å². The molecule has 0 aliphatic carbocycles. The van der Waals surface area contributed by atoms with E-state index in [-0.39, 0.29) is 0 Å². The van der Waals surface area contributed by atoms with Gasteiger partial charge in [-0.05, 0) is 37.6 Å². The summed E-state index contributed by atoms with van der Waals surface area (Å²) in [7, 11) is 1.95. The molecule has 1 rings (SSSR count). The molecule has 0 radical (unpaired) electrons. The number of allylic oxidation sites excluding steroid dienone is 1. The van der Waals surface area contributed by atoms with Crippen molar-refractivity contribution < 1.29 is 0 Å². The summed E-state index contributed by atoms with van der Waals surface area (Å²) in [4.78, 5) is 0. The summed E-state index contributed by atoms with van der Waals surface area (Å²) in [6, 6.07) is 6.29. The van der Waals surface area contributed by atoms with Gasteiger partial charge in [0.2, 0.25) is 0 Å². The molecule has 15 heavy (non-hydrogen) atoms. The van der Waals surface area contributed by atoms with E-state index in [0.717, 1.165) is 27.9 Å². The zero-order chi connectivity index (χ0) is 11.3. The SMILES string of the molecule is C=CCCC(NC)c1ccc(Br)cc1Cl. The van der Waals surface area contributed by atoms with Gasteiger partial charge in [0.1, 0.15) is 0 Å². The smallest absolute Gasteiger partial charge is 0.0465 e. The van der Waals surface area contributed by atoms with Crippen molar-refractivity contribution in [1.29, 1.82) is 0 Å². The summed E-state index contributed by atoms with van der Waals surface area (Å²) in [5.41, 5.74) is 1.14. The van der Waals surface area contributed by atoms with E-state index in [1.807, 2.05) is 25.3 Å². The lowest BCUT2D eigenvalue weighted by molar-refractivity contribution is 0.555. The van der Waals surface area contributed by atoms with Crippen LogP contribution < -0.4 is 5.32 Å². The summed E-state index contributed by atoms with van der Waals surface area (Å²) >= 11 is 9.59. The average molecular weight is 289 g/mol. The van der Waals surface area contributed by atoms with Gasteiger partial charge in [-0.25, -0.2) is 0 Å². The predicted molar refractivity (Wildman–Crippen MR) is 70.4 cm³/mol. The maximum absolute atomic E-state index is 6.19. The molecule has 1 aromatic rings. The van der Waals surface area contributed by atoms with E-state index in [4.69, 9.17) is 11.6 Å². The second kappa shape index (κ2) is 6.31. The molecule has 1 aromatic carbocycles. The second-order valence-electron chi connectivity index (χ2n) is 3.37. The van der Waals surface area contributed by atoms with Crippen LogP contribution in [0.1, 0.15) is 24.4 Å². The largest absolute Gasteiger partial charge is 0.313 e. The highest BCUT2D eigenvalue weighted by Crippen LogP contribution is 2.28. The minimum atomic E-state index is 0.295. The molecule has 0 aliphatic heterocycles. The van der Waals surface area contributed by atoms with Crippen molar-refractivity contribution in [2.45, 2.75) is 18.9 Å². The third-order valence-corrected chi connectivity index (χ3v) is 3.17. The van der Waals surface area contributed by atoms with Crippen LogP contribution in [-0.2, 0) is 0 Å². The number of rotatable bonds is 5. The molecule has 0 aliphatic rings. The van der Waals surface area contributed by atoms with Gasteiger partial charge in [-0.1, -0.05) is 39.7 Å². The van der Waals surface area contributed by atoms with Crippen LogP contribution in [0.15, 0.2) is 35.3 Å². The predicted octanol–water partition coefficient (Wildman–Crippen LogP) is 4.33. The van der Waals surface area contributed by atoms with Crippen LogP contribution in [0.5, 0.6) is 0 Å². The first-order valence-electron chi connectivity index (χ1n) is 4.92. The molecule has 0 heterocycles. The Hall–Kier alpha value is -0.310. The fourth-order valence-electron chi connectivity index (χ4n) is 1.52. The van der Waals surface area contributed by atoms with Gasteiger partial charge < -0.3 is 5.32 Å². The van der Waals surface area contributed by atoms with Gasteiger partial charge in [0.25, 0.3) is 0 Å². The molecular weight excluding hydrogens is 273 g/mol. The van der Waals surface area contributed by atoms with E-state index in [2.05, 4.69) is 33.9 Å². The molecule has 3 heteroatoms. The topological polar surface area (TPSA) is 12.0 Å². The summed E-state index contributed by atoms with van der Waals surface area (Å²) in [6.45, 7) is 3.73. The molecule has 0 spiro atoms. The van der Waals surface area contributed by atoms with E-state index in [0.29, 0.717) is 6.04 Å². The Kier molecular flexibility index (Phi) is 5.37. The van der Waals surface area contributed by atoms with Crippen molar-refractivity contribution in [2.75, 3.05) is 7.05 Å². The van der Waals surface area contributed by atoms with Crippen molar-refractivity contribution >= 4 is 27.5 Å². The minimum Gasteiger partial charge on any atom is -0.313 e.